The van der Waals surface area contributed by atoms with E-state index in [1.807, 2.05) is 6.92 Å². The first-order valence-electron chi connectivity index (χ1n) is 7.94. The molecule has 7 heteroatoms. The Morgan fingerprint density at radius 3 is 2.32 bits per heavy atom. The fourth-order valence-electron chi connectivity index (χ4n) is 2.36. The first-order chi connectivity index (χ1) is 11.8. The summed E-state index contributed by atoms with van der Waals surface area (Å²) in [6.45, 7) is 2.78. The van der Waals surface area contributed by atoms with Gasteiger partial charge in [-0.1, -0.05) is 25.1 Å². The summed E-state index contributed by atoms with van der Waals surface area (Å²) in [6.07, 6.45) is 1.91. The smallest absolute Gasteiger partial charge is 0.322 e. The van der Waals surface area contributed by atoms with E-state index in [-0.39, 0.29) is 23.2 Å². The van der Waals surface area contributed by atoms with Gasteiger partial charge in [-0.15, -0.1) is 0 Å². The molecular formula is C18H22N2O4S. The standard InChI is InChI=1S/C18H22N2O4S/c1-3-12-20(13-14-6-4-5-7-17(14)21)18(22)19-15-8-10-16(11-9-15)25(2,23)24/h4-11,21H,3,12-13H2,1-2H3,(H,19,22). The number of hydrogen-bond acceptors (Lipinski definition) is 4. The van der Waals surface area contributed by atoms with Gasteiger partial charge >= 0.3 is 6.03 Å². The first kappa shape index (κ1) is 18.8. The van der Waals surface area contributed by atoms with Gasteiger partial charge in [0, 0.05) is 24.1 Å². The van der Waals surface area contributed by atoms with Gasteiger partial charge in [0.15, 0.2) is 9.84 Å². The largest absolute Gasteiger partial charge is 0.508 e. The maximum atomic E-state index is 12.5. The molecule has 2 amide bonds. The molecule has 2 aromatic carbocycles. The predicted octanol–water partition coefficient (Wildman–Crippen LogP) is 3.24. The van der Waals surface area contributed by atoms with Crippen molar-refractivity contribution in [3.05, 3.63) is 54.1 Å². The molecule has 0 atom stereocenters. The normalized spacial score (nSPS) is 11.1. The zero-order chi connectivity index (χ0) is 18.4. The summed E-state index contributed by atoms with van der Waals surface area (Å²) in [4.78, 5) is 14.3. The monoisotopic (exact) mass is 362 g/mol. The number of anilines is 1. The molecule has 0 aliphatic rings. The molecule has 0 spiro atoms. The minimum Gasteiger partial charge on any atom is -0.508 e. The van der Waals surface area contributed by atoms with Gasteiger partial charge in [-0.3, -0.25) is 0 Å². The Hall–Kier alpha value is -2.54. The van der Waals surface area contributed by atoms with Crippen molar-refractivity contribution in [1.29, 1.82) is 0 Å². The average Bonchev–Trinajstić information content (AvgIpc) is 2.56. The Kier molecular flexibility index (Phi) is 6.03. The van der Waals surface area contributed by atoms with Crippen LogP contribution in [0.1, 0.15) is 18.9 Å². The van der Waals surface area contributed by atoms with Crippen LogP contribution >= 0.6 is 0 Å². The van der Waals surface area contributed by atoms with Crippen LogP contribution in [0.3, 0.4) is 0 Å². The van der Waals surface area contributed by atoms with E-state index in [2.05, 4.69) is 5.32 Å². The maximum Gasteiger partial charge on any atom is 0.322 e. The van der Waals surface area contributed by atoms with Gasteiger partial charge in [0.05, 0.1) is 11.4 Å². The molecule has 0 fully saturated rings. The van der Waals surface area contributed by atoms with Crippen LogP contribution in [0.4, 0.5) is 10.5 Å². The molecule has 2 aromatic rings. The number of hydrogen-bond donors (Lipinski definition) is 2. The molecule has 0 heterocycles. The van der Waals surface area contributed by atoms with Crippen molar-refractivity contribution >= 4 is 21.6 Å². The van der Waals surface area contributed by atoms with Crippen LogP contribution in [-0.2, 0) is 16.4 Å². The van der Waals surface area contributed by atoms with E-state index in [1.165, 1.54) is 12.1 Å². The summed E-state index contributed by atoms with van der Waals surface area (Å²) >= 11 is 0. The summed E-state index contributed by atoms with van der Waals surface area (Å²) in [5.41, 5.74) is 1.18. The van der Waals surface area contributed by atoms with Crippen LogP contribution in [0.5, 0.6) is 5.75 Å². The highest BCUT2D eigenvalue weighted by Crippen LogP contribution is 2.19. The Balaban J connectivity index is 2.11. The fraction of sp³-hybridized carbons (Fsp3) is 0.278. The second-order valence-electron chi connectivity index (χ2n) is 5.78. The topological polar surface area (TPSA) is 86.7 Å². The maximum absolute atomic E-state index is 12.5. The zero-order valence-electron chi connectivity index (χ0n) is 14.3. The van der Waals surface area contributed by atoms with Crippen LogP contribution in [0.25, 0.3) is 0 Å². The number of benzene rings is 2. The summed E-state index contributed by atoms with van der Waals surface area (Å²) < 4.78 is 23.0. The van der Waals surface area contributed by atoms with Crippen molar-refractivity contribution in [1.82, 2.24) is 4.90 Å². The van der Waals surface area contributed by atoms with E-state index in [1.54, 1.807) is 41.3 Å². The van der Waals surface area contributed by atoms with E-state index >= 15 is 0 Å². The number of carbonyl (C=O) groups is 1. The highest BCUT2D eigenvalue weighted by Gasteiger charge is 2.15. The van der Waals surface area contributed by atoms with E-state index in [0.717, 1.165) is 12.7 Å². The lowest BCUT2D eigenvalue weighted by Crippen LogP contribution is -2.35. The molecule has 0 aliphatic heterocycles. The van der Waals surface area contributed by atoms with Gasteiger partial charge in [-0.05, 0) is 36.8 Å². The summed E-state index contributed by atoms with van der Waals surface area (Å²) in [5, 5.41) is 12.6. The van der Waals surface area contributed by atoms with Crippen molar-refractivity contribution in [2.45, 2.75) is 24.8 Å². The lowest BCUT2D eigenvalue weighted by atomic mass is 10.2. The third kappa shape index (κ3) is 5.22. The highest BCUT2D eigenvalue weighted by atomic mass is 32.2. The van der Waals surface area contributed by atoms with Crippen molar-refractivity contribution in [3.8, 4) is 5.75 Å². The molecule has 134 valence electrons. The lowest BCUT2D eigenvalue weighted by Gasteiger charge is -2.23. The Morgan fingerprint density at radius 1 is 1.12 bits per heavy atom. The van der Waals surface area contributed by atoms with Crippen LogP contribution in [-0.4, -0.2) is 37.3 Å². The summed E-state index contributed by atoms with van der Waals surface area (Å²) in [5.74, 6) is 0.147. The van der Waals surface area contributed by atoms with Gasteiger partial charge in [-0.2, -0.15) is 0 Å². The number of carbonyl (C=O) groups excluding carboxylic acids is 1. The second kappa shape index (κ2) is 8.02. The Labute approximate surface area is 148 Å². The first-order valence-corrected chi connectivity index (χ1v) is 9.83. The van der Waals surface area contributed by atoms with E-state index in [9.17, 15) is 18.3 Å². The number of amides is 2. The molecule has 0 aliphatic carbocycles. The lowest BCUT2D eigenvalue weighted by molar-refractivity contribution is 0.208. The van der Waals surface area contributed by atoms with Crippen molar-refractivity contribution in [2.75, 3.05) is 18.1 Å². The molecule has 0 radical (unpaired) electrons. The molecule has 0 aromatic heterocycles. The molecule has 6 nitrogen and oxygen atoms in total. The minimum absolute atomic E-state index is 0.147. The summed E-state index contributed by atoms with van der Waals surface area (Å²) in [7, 11) is -3.27. The number of urea groups is 1. The highest BCUT2D eigenvalue weighted by molar-refractivity contribution is 7.90. The number of rotatable bonds is 6. The van der Waals surface area contributed by atoms with Crippen molar-refractivity contribution < 1.29 is 18.3 Å². The van der Waals surface area contributed by atoms with Crippen LogP contribution in [0.15, 0.2) is 53.4 Å². The molecule has 0 saturated carbocycles. The number of sulfone groups is 1. The third-order valence-electron chi connectivity index (χ3n) is 3.67. The predicted molar refractivity (Wildman–Crippen MR) is 97.4 cm³/mol. The van der Waals surface area contributed by atoms with E-state index < -0.39 is 9.84 Å². The average molecular weight is 362 g/mol. The number of nitrogens with zero attached hydrogens (tertiary/aromatic N) is 1. The van der Waals surface area contributed by atoms with Gasteiger partial charge in [0.25, 0.3) is 0 Å². The molecule has 2 rings (SSSR count). The third-order valence-corrected chi connectivity index (χ3v) is 4.80. The van der Waals surface area contributed by atoms with Crippen LogP contribution in [0.2, 0.25) is 0 Å². The van der Waals surface area contributed by atoms with Crippen molar-refractivity contribution in [3.63, 3.8) is 0 Å². The van der Waals surface area contributed by atoms with Crippen LogP contribution in [0, 0.1) is 0 Å². The van der Waals surface area contributed by atoms with Gasteiger partial charge in [0.1, 0.15) is 5.75 Å². The van der Waals surface area contributed by atoms with Crippen LogP contribution < -0.4 is 5.32 Å². The number of para-hydroxylation sites is 1. The molecule has 0 unspecified atom stereocenters. The van der Waals surface area contributed by atoms with Gasteiger partial charge < -0.3 is 15.3 Å². The number of phenolic OH excluding ortho intramolecular Hbond substituents is 1. The number of aromatic hydroxyl groups is 1. The molecule has 2 N–H and O–H groups in total. The number of nitrogens with one attached hydrogen (secondary N) is 1. The quantitative estimate of drug-likeness (QED) is 0.826. The van der Waals surface area contributed by atoms with Gasteiger partial charge in [0.2, 0.25) is 0 Å². The Bertz CT molecular complexity index is 832. The zero-order valence-corrected chi connectivity index (χ0v) is 15.1. The Morgan fingerprint density at radius 2 is 1.76 bits per heavy atom. The molecule has 0 bridgehead atoms. The second-order valence-corrected chi connectivity index (χ2v) is 7.79. The SMILES string of the molecule is CCCN(Cc1ccccc1O)C(=O)Nc1ccc(S(C)(=O)=O)cc1. The fourth-order valence-corrected chi connectivity index (χ4v) is 2.99. The van der Waals surface area contributed by atoms with E-state index in [4.69, 9.17) is 0 Å². The van der Waals surface area contributed by atoms with E-state index in [0.29, 0.717) is 17.8 Å². The molecule has 25 heavy (non-hydrogen) atoms. The minimum atomic E-state index is -3.27. The molecular weight excluding hydrogens is 340 g/mol. The number of phenols is 1. The van der Waals surface area contributed by atoms with Crippen molar-refractivity contribution in [2.24, 2.45) is 0 Å². The molecule has 0 saturated heterocycles. The van der Waals surface area contributed by atoms with Gasteiger partial charge in [-0.25, -0.2) is 13.2 Å². The summed E-state index contributed by atoms with van der Waals surface area (Å²) in [6, 6.07) is 12.6.